The molecule has 2 aromatic rings. The Balaban J connectivity index is 2.17. The molecular formula is C14H14BrFN2O2. The van der Waals surface area contributed by atoms with Crippen molar-refractivity contribution in [3.63, 3.8) is 0 Å². The summed E-state index contributed by atoms with van der Waals surface area (Å²) < 4.78 is 18.9. The maximum Gasteiger partial charge on any atom is 0.257 e. The van der Waals surface area contributed by atoms with Crippen LogP contribution in [0.25, 0.3) is 0 Å². The van der Waals surface area contributed by atoms with Crippen LogP contribution < -0.4 is 5.32 Å². The monoisotopic (exact) mass is 340 g/mol. The second-order valence-corrected chi connectivity index (χ2v) is 6.35. The highest BCUT2D eigenvalue weighted by Gasteiger charge is 2.20. The van der Waals surface area contributed by atoms with Crippen molar-refractivity contribution in [3.8, 4) is 0 Å². The minimum absolute atomic E-state index is 0.197. The number of amides is 1. The minimum Gasteiger partial charge on any atom is -0.359 e. The van der Waals surface area contributed by atoms with E-state index in [0.717, 1.165) is 6.07 Å². The van der Waals surface area contributed by atoms with Gasteiger partial charge in [-0.15, -0.1) is 0 Å². The molecule has 1 aromatic carbocycles. The van der Waals surface area contributed by atoms with Gasteiger partial charge in [-0.1, -0.05) is 41.9 Å². The highest BCUT2D eigenvalue weighted by molar-refractivity contribution is 9.10. The Hall–Kier alpha value is -1.69. The van der Waals surface area contributed by atoms with Gasteiger partial charge in [0.15, 0.2) is 5.82 Å². The first-order valence-electron chi connectivity index (χ1n) is 6.00. The van der Waals surface area contributed by atoms with E-state index in [-0.39, 0.29) is 11.0 Å². The summed E-state index contributed by atoms with van der Waals surface area (Å²) in [5.74, 6) is 0.0348. The second-order valence-electron chi connectivity index (χ2n) is 5.44. The Morgan fingerprint density at radius 1 is 1.30 bits per heavy atom. The van der Waals surface area contributed by atoms with E-state index in [2.05, 4.69) is 26.4 Å². The van der Waals surface area contributed by atoms with Gasteiger partial charge < -0.3 is 9.84 Å². The summed E-state index contributed by atoms with van der Waals surface area (Å²) in [6.07, 6.45) is 0. The Morgan fingerprint density at radius 2 is 2.00 bits per heavy atom. The Labute approximate surface area is 124 Å². The summed E-state index contributed by atoms with van der Waals surface area (Å²) in [5.41, 5.74) is 0.00916. The number of anilines is 1. The molecule has 0 bridgehead atoms. The van der Waals surface area contributed by atoms with E-state index in [9.17, 15) is 9.18 Å². The van der Waals surface area contributed by atoms with Gasteiger partial charge in [-0.25, -0.2) is 4.39 Å². The maximum atomic E-state index is 13.2. The fourth-order valence-corrected chi connectivity index (χ4v) is 2.03. The van der Waals surface area contributed by atoms with Crippen LogP contribution in [0, 0.1) is 5.82 Å². The van der Waals surface area contributed by atoms with Crippen molar-refractivity contribution >= 4 is 27.7 Å². The largest absolute Gasteiger partial charge is 0.359 e. The molecule has 0 saturated carbocycles. The Morgan fingerprint density at radius 3 is 2.55 bits per heavy atom. The molecule has 0 radical (unpaired) electrons. The van der Waals surface area contributed by atoms with Gasteiger partial charge in [-0.2, -0.15) is 0 Å². The van der Waals surface area contributed by atoms with E-state index in [1.807, 2.05) is 20.8 Å². The second kappa shape index (κ2) is 5.36. The summed E-state index contributed by atoms with van der Waals surface area (Å²) in [5, 5.41) is 6.35. The summed E-state index contributed by atoms with van der Waals surface area (Å²) in [6.45, 7) is 5.92. The zero-order valence-corrected chi connectivity index (χ0v) is 12.9. The van der Waals surface area contributed by atoms with Crippen LogP contribution >= 0.6 is 15.9 Å². The van der Waals surface area contributed by atoms with Crippen LogP contribution in [0.2, 0.25) is 0 Å². The van der Waals surface area contributed by atoms with Gasteiger partial charge in [-0.3, -0.25) is 4.79 Å². The normalized spacial score (nSPS) is 11.4. The zero-order chi connectivity index (χ0) is 14.9. The van der Waals surface area contributed by atoms with E-state index in [1.54, 1.807) is 6.07 Å². The highest BCUT2D eigenvalue weighted by atomic mass is 79.9. The molecule has 0 aliphatic carbocycles. The number of carbonyl (C=O) groups is 1. The number of carbonyl (C=O) groups excluding carboxylic acids is 1. The summed E-state index contributed by atoms with van der Waals surface area (Å²) >= 11 is 3.14. The predicted octanol–water partition coefficient (Wildman–Crippen LogP) is 4.13. The lowest BCUT2D eigenvalue weighted by Crippen LogP contribution is -2.13. The number of nitrogens with one attached hydrogen (secondary N) is 1. The number of nitrogens with zero attached hydrogens (tertiary/aromatic N) is 1. The molecule has 4 nitrogen and oxygen atoms in total. The predicted molar refractivity (Wildman–Crippen MR) is 77.3 cm³/mol. The minimum atomic E-state index is -0.486. The number of benzene rings is 1. The molecule has 1 amide bonds. The summed E-state index contributed by atoms with van der Waals surface area (Å²) in [4.78, 5) is 12.0. The number of aromatic nitrogens is 1. The average Bonchev–Trinajstić information content (AvgIpc) is 2.75. The smallest absolute Gasteiger partial charge is 0.257 e. The molecular weight excluding hydrogens is 327 g/mol. The molecule has 0 spiro atoms. The fraction of sp³-hybridized carbons (Fsp3) is 0.286. The molecule has 0 saturated heterocycles. The molecule has 0 atom stereocenters. The lowest BCUT2D eigenvalue weighted by molar-refractivity contribution is 0.102. The maximum absolute atomic E-state index is 13.2. The quantitative estimate of drug-likeness (QED) is 0.894. The molecule has 0 aliphatic heterocycles. The molecule has 0 fully saturated rings. The zero-order valence-electron chi connectivity index (χ0n) is 11.3. The molecule has 1 N–H and O–H groups in total. The van der Waals surface area contributed by atoms with Crippen LogP contribution in [-0.2, 0) is 5.41 Å². The van der Waals surface area contributed by atoms with Gasteiger partial charge in [0.25, 0.3) is 5.91 Å². The van der Waals surface area contributed by atoms with Gasteiger partial charge >= 0.3 is 0 Å². The van der Waals surface area contributed by atoms with Gasteiger partial charge in [0, 0.05) is 21.5 Å². The molecule has 1 heterocycles. The van der Waals surface area contributed by atoms with Crippen LogP contribution in [0.5, 0.6) is 0 Å². The molecule has 2 rings (SSSR count). The van der Waals surface area contributed by atoms with Crippen molar-refractivity contribution in [1.29, 1.82) is 0 Å². The third-order valence-electron chi connectivity index (χ3n) is 2.62. The lowest BCUT2D eigenvalue weighted by atomic mass is 9.93. The van der Waals surface area contributed by atoms with E-state index < -0.39 is 11.7 Å². The molecule has 6 heteroatoms. The first-order chi connectivity index (χ1) is 9.25. The number of hydrogen-bond acceptors (Lipinski definition) is 3. The van der Waals surface area contributed by atoms with Crippen LogP contribution in [0.4, 0.5) is 10.2 Å². The fourth-order valence-electron chi connectivity index (χ4n) is 1.56. The average molecular weight is 341 g/mol. The first-order valence-corrected chi connectivity index (χ1v) is 6.79. The molecule has 1 aromatic heterocycles. The van der Waals surface area contributed by atoms with E-state index in [4.69, 9.17) is 4.52 Å². The molecule has 106 valence electrons. The molecule has 20 heavy (non-hydrogen) atoms. The van der Waals surface area contributed by atoms with Crippen LogP contribution in [0.15, 0.2) is 33.3 Å². The van der Waals surface area contributed by atoms with Gasteiger partial charge in [0.05, 0.1) is 0 Å². The SMILES string of the molecule is CC(C)(C)c1cc(NC(=O)c2cc(F)cc(Br)c2)no1. The number of halogens is 2. The van der Waals surface area contributed by atoms with E-state index >= 15 is 0 Å². The molecule has 0 aliphatic rings. The van der Waals surface area contributed by atoms with Crippen molar-refractivity contribution in [2.75, 3.05) is 5.32 Å². The number of rotatable bonds is 2. The third kappa shape index (κ3) is 3.45. The summed E-state index contributed by atoms with van der Waals surface area (Å²) in [7, 11) is 0. The van der Waals surface area contributed by atoms with Gasteiger partial charge in [-0.05, 0) is 18.2 Å². The topological polar surface area (TPSA) is 55.1 Å². The van der Waals surface area contributed by atoms with Crippen molar-refractivity contribution in [1.82, 2.24) is 5.16 Å². The lowest BCUT2D eigenvalue weighted by Gasteiger charge is -2.12. The van der Waals surface area contributed by atoms with Gasteiger partial charge in [0.1, 0.15) is 11.6 Å². The van der Waals surface area contributed by atoms with Crippen molar-refractivity contribution in [2.24, 2.45) is 0 Å². The van der Waals surface area contributed by atoms with Gasteiger partial charge in [0.2, 0.25) is 0 Å². The van der Waals surface area contributed by atoms with Crippen molar-refractivity contribution in [2.45, 2.75) is 26.2 Å². The third-order valence-corrected chi connectivity index (χ3v) is 3.07. The van der Waals surface area contributed by atoms with Crippen molar-refractivity contribution in [3.05, 3.63) is 45.9 Å². The van der Waals surface area contributed by atoms with Crippen LogP contribution in [0.3, 0.4) is 0 Å². The van der Waals surface area contributed by atoms with E-state index in [1.165, 1.54) is 12.1 Å². The standard InChI is InChI=1S/C14H14BrFN2O2/c1-14(2,3)11-7-12(18-20-11)17-13(19)8-4-9(15)6-10(16)5-8/h4-7H,1-3H3,(H,17,18,19). The van der Waals surface area contributed by atoms with Crippen molar-refractivity contribution < 1.29 is 13.7 Å². The number of hydrogen-bond donors (Lipinski definition) is 1. The van der Waals surface area contributed by atoms with Crippen LogP contribution in [0.1, 0.15) is 36.9 Å². The van der Waals surface area contributed by atoms with E-state index in [0.29, 0.717) is 16.1 Å². The summed E-state index contributed by atoms with van der Waals surface area (Å²) in [6, 6.07) is 5.63. The first kappa shape index (κ1) is 14.7. The molecule has 0 unspecified atom stereocenters. The van der Waals surface area contributed by atoms with Crippen LogP contribution in [-0.4, -0.2) is 11.1 Å². The Bertz CT molecular complexity index is 627. The Kier molecular flexibility index (Phi) is 3.94. The highest BCUT2D eigenvalue weighted by Crippen LogP contribution is 2.24.